The van der Waals surface area contributed by atoms with Crippen LogP contribution in [-0.4, -0.2) is 87.3 Å². The van der Waals surface area contributed by atoms with Crippen LogP contribution in [0, 0.1) is 5.92 Å². The van der Waals surface area contributed by atoms with Gasteiger partial charge in [-0.15, -0.1) is 6.58 Å². The minimum Gasteiger partial charge on any atom is -0.354 e. The van der Waals surface area contributed by atoms with Gasteiger partial charge < -0.3 is 42.6 Å². The number of unbranched alkanes of at least 4 members (excludes halogenated alkanes) is 5. The minimum absolute atomic E-state index is 0.0725. The molecule has 0 rings (SSSR count). The maximum absolute atomic E-state index is 6.21. The second-order valence-corrected chi connectivity index (χ2v) is 7.64. The van der Waals surface area contributed by atoms with Crippen LogP contribution in [0.4, 0.5) is 0 Å². The molecule has 0 fully saturated rings. The first-order valence-electron chi connectivity index (χ1n) is 11.7. The smallest absolute Gasteiger partial charge is 0.290 e. The molecule has 1 atom stereocenters. The highest BCUT2D eigenvalue weighted by Crippen LogP contribution is 2.33. The van der Waals surface area contributed by atoms with Crippen LogP contribution in [0.1, 0.15) is 51.9 Å². The van der Waals surface area contributed by atoms with Crippen molar-refractivity contribution in [3.63, 3.8) is 0 Å². The predicted molar refractivity (Wildman–Crippen MR) is 126 cm³/mol. The second-order valence-electron chi connectivity index (χ2n) is 7.64. The lowest BCUT2D eigenvalue weighted by molar-refractivity contribution is -0.424. The van der Waals surface area contributed by atoms with Crippen molar-refractivity contribution in [1.29, 1.82) is 0 Å². The van der Waals surface area contributed by atoms with E-state index in [0.29, 0.717) is 0 Å². The van der Waals surface area contributed by atoms with E-state index in [2.05, 4.69) is 13.5 Å². The molecule has 0 aromatic heterocycles. The van der Waals surface area contributed by atoms with Crippen molar-refractivity contribution in [2.75, 3.05) is 62.5 Å². The average molecular weight is 481 g/mol. The monoisotopic (exact) mass is 480 g/mol. The van der Waals surface area contributed by atoms with Crippen LogP contribution in [0.3, 0.4) is 0 Å². The Balaban J connectivity index is 5.65. The highest BCUT2D eigenvalue weighted by molar-refractivity contribution is 4.87. The quantitative estimate of drug-likeness (QED) is 0.115. The van der Waals surface area contributed by atoms with Gasteiger partial charge in [0.2, 0.25) is 0 Å². The van der Waals surface area contributed by atoms with Crippen molar-refractivity contribution >= 4 is 0 Å². The summed E-state index contributed by atoms with van der Waals surface area (Å²) in [5, 5.41) is 0. The van der Waals surface area contributed by atoms with Crippen molar-refractivity contribution in [3.8, 4) is 0 Å². The minimum atomic E-state index is -1.49. The highest BCUT2D eigenvalue weighted by Gasteiger charge is 2.43. The van der Waals surface area contributed by atoms with E-state index in [9.17, 15) is 0 Å². The van der Waals surface area contributed by atoms with Gasteiger partial charge in [0, 0.05) is 42.7 Å². The lowest BCUT2D eigenvalue weighted by Crippen LogP contribution is -2.50. The molecular weight excluding hydrogens is 432 g/mol. The lowest BCUT2D eigenvalue weighted by Gasteiger charge is -2.40. The molecule has 0 spiro atoms. The molecule has 0 aromatic carbocycles. The van der Waals surface area contributed by atoms with E-state index < -0.39 is 24.8 Å². The van der Waals surface area contributed by atoms with Crippen molar-refractivity contribution in [3.05, 3.63) is 12.7 Å². The molecule has 0 aromatic rings. The molecule has 0 amide bonds. The fourth-order valence-corrected chi connectivity index (χ4v) is 3.28. The molecular formula is C24H48O9. The van der Waals surface area contributed by atoms with Crippen LogP contribution in [0.15, 0.2) is 12.7 Å². The summed E-state index contributed by atoms with van der Waals surface area (Å²) in [5.74, 6) is -1.78. The zero-order valence-corrected chi connectivity index (χ0v) is 21.8. The van der Waals surface area contributed by atoms with E-state index in [4.69, 9.17) is 42.6 Å². The largest absolute Gasteiger partial charge is 0.354 e. The van der Waals surface area contributed by atoms with Gasteiger partial charge in [-0.1, -0.05) is 51.5 Å². The lowest BCUT2D eigenvalue weighted by atomic mass is 9.97. The van der Waals surface area contributed by atoms with Gasteiger partial charge in [0.15, 0.2) is 18.9 Å². The van der Waals surface area contributed by atoms with Gasteiger partial charge in [0.05, 0.1) is 5.92 Å². The van der Waals surface area contributed by atoms with E-state index in [0.717, 1.165) is 19.3 Å². The molecule has 0 aliphatic heterocycles. The molecule has 9 heteroatoms. The number of rotatable bonds is 24. The molecule has 33 heavy (non-hydrogen) atoms. The highest BCUT2D eigenvalue weighted by atomic mass is 16.9. The molecule has 0 saturated carbocycles. The van der Waals surface area contributed by atoms with E-state index >= 15 is 0 Å². The third kappa shape index (κ3) is 13.2. The molecule has 0 bridgehead atoms. The predicted octanol–water partition coefficient (Wildman–Crippen LogP) is 4.10. The fraction of sp³-hybridized carbons (Fsp3) is 0.917. The van der Waals surface area contributed by atoms with E-state index in [1.807, 2.05) is 0 Å². The van der Waals surface area contributed by atoms with Crippen LogP contribution in [-0.2, 0) is 42.6 Å². The first-order valence-corrected chi connectivity index (χ1v) is 11.7. The first-order chi connectivity index (χ1) is 16.0. The Kier molecular flexibility index (Phi) is 20.3. The summed E-state index contributed by atoms with van der Waals surface area (Å²) >= 11 is 0. The van der Waals surface area contributed by atoms with E-state index in [1.165, 1.54) is 25.7 Å². The molecule has 0 saturated heterocycles. The summed E-state index contributed by atoms with van der Waals surface area (Å²) in [6.07, 6.45) is 7.74. The second kappa shape index (κ2) is 20.7. The Morgan fingerprint density at radius 1 is 0.606 bits per heavy atom. The molecule has 1 unspecified atom stereocenters. The molecule has 198 valence electrons. The summed E-state index contributed by atoms with van der Waals surface area (Å²) in [7, 11) is 9.25. The summed E-state index contributed by atoms with van der Waals surface area (Å²) < 4.78 is 50.4. The zero-order valence-electron chi connectivity index (χ0n) is 21.8. The molecule has 0 N–H and O–H groups in total. The number of hydrogen-bond acceptors (Lipinski definition) is 9. The fourth-order valence-electron chi connectivity index (χ4n) is 3.28. The first kappa shape index (κ1) is 32.4. The summed E-state index contributed by atoms with van der Waals surface area (Å²) in [5.41, 5.74) is 0. The van der Waals surface area contributed by atoms with Crippen LogP contribution in [0.2, 0.25) is 0 Å². The van der Waals surface area contributed by atoms with Gasteiger partial charge in [-0.25, -0.2) is 0 Å². The SMILES string of the molecule is C=CC(CCCCCCCC)C(OCC(OC)OC)(OCC(OC)OC)OCC(OC)OC. The normalized spacial score (nSPS) is 13.4. The van der Waals surface area contributed by atoms with Gasteiger partial charge in [-0.3, -0.25) is 0 Å². The number of ether oxygens (including phenoxy) is 9. The van der Waals surface area contributed by atoms with Gasteiger partial charge in [0.25, 0.3) is 5.97 Å². The van der Waals surface area contributed by atoms with Gasteiger partial charge in [0.1, 0.15) is 19.8 Å². The summed E-state index contributed by atoms with van der Waals surface area (Å²) in [4.78, 5) is 0. The van der Waals surface area contributed by atoms with Crippen LogP contribution in [0.5, 0.6) is 0 Å². The number of hydrogen-bond donors (Lipinski definition) is 0. The van der Waals surface area contributed by atoms with Gasteiger partial charge in [-0.05, 0) is 6.42 Å². The molecule has 0 radical (unpaired) electrons. The Morgan fingerprint density at radius 2 is 0.970 bits per heavy atom. The number of methoxy groups -OCH3 is 6. The summed E-state index contributed by atoms with van der Waals surface area (Å²) in [6.45, 7) is 6.46. The molecule has 0 heterocycles. The Labute approximate surface area is 200 Å². The van der Waals surface area contributed by atoms with Crippen LogP contribution in [0.25, 0.3) is 0 Å². The zero-order chi connectivity index (χ0) is 25.0. The molecule has 0 aliphatic rings. The maximum Gasteiger partial charge on any atom is 0.290 e. The van der Waals surface area contributed by atoms with Gasteiger partial charge >= 0.3 is 0 Å². The summed E-state index contributed by atoms with van der Waals surface area (Å²) in [6, 6.07) is 0. The van der Waals surface area contributed by atoms with Crippen LogP contribution < -0.4 is 0 Å². The Morgan fingerprint density at radius 3 is 1.30 bits per heavy atom. The maximum atomic E-state index is 6.21. The molecule has 0 aliphatic carbocycles. The van der Waals surface area contributed by atoms with Crippen molar-refractivity contribution in [2.45, 2.75) is 76.7 Å². The van der Waals surface area contributed by atoms with E-state index in [1.54, 1.807) is 48.7 Å². The standard InChI is InChI=1S/C24H48O9/c1-9-11-12-13-14-15-16-20(10-2)24(31-17-21(25-3)26-4,32-18-22(27-5)28-6)33-19-23(29-7)30-8/h10,20-23H,2,9,11-19H2,1,3-8H3. The topological polar surface area (TPSA) is 83.1 Å². The van der Waals surface area contributed by atoms with E-state index in [-0.39, 0.29) is 25.7 Å². The van der Waals surface area contributed by atoms with Crippen molar-refractivity contribution in [1.82, 2.24) is 0 Å². The van der Waals surface area contributed by atoms with Crippen LogP contribution >= 0.6 is 0 Å². The van der Waals surface area contributed by atoms with Crippen molar-refractivity contribution in [2.24, 2.45) is 5.92 Å². The molecule has 9 nitrogen and oxygen atoms in total. The third-order valence-corrected chi connectivity index (χ3v) is 5.45. The Bertz CT molecular complexity index is 397. The Hall–Kier alpha value is -0.620. The average Bonchev–Trinajstić information content (AvgIpc) is 2.85. The van der Waals surface area contributed by atoms with Crippen molar-refractivity contribution < 1.29 is 42.6 Å². The third-order valence-electron chi connectivity index (χ3n) is 5.45. The van der Waals surface area contributed by atoms with Gasteiger partial charge in [-0.2, -0.15) is 0 Å².